The molecule has 1 unspecified atom stereocenters. The van der Waals surface area contributed by atoms with E-state index in [1.807, 2.05) is 18.7 Å². The Balaban J connectivity index is 2.87. The van der Waals surface area contributed by atoms with Gasteiger partial charge in [0.15, 0.2) is 5.82 Å². The largest absolute Gasteiger partial charge is 0.387 e. The Kier molecular flexibility index (Phi) is 4.04. The molecule has 1 heterocycles. The number of hydrogen-bond donors (Lipinski definition) is 3. The maximum atomic E-state index is 11.5. The van der Waals surface area contributed by atoms with Gasteiger partial charge in [0, 0.05) is 31.4 Å². The van der Waals surface area contributed by atoms with Crippen LogP contribution in [0.4, 0.5) is 5.82 Å². The molecule has 0 fully saturated rings. The first-order valence-electron chi connectivity index (χ1n) is 5.18. The topological polar surface area (TPSA) is 98.9 Å². The average molecular weight is 223 g/mol. The van der Waals surface area contributed by atoms with Crippen molar-refractivity contribution in [2.75, 3.05) is 18.0 Å². The van der Waals surface area contributed by atoms with E-state index in [2.05, 4.69) is 9.97 Å². The molecule has 16 heavy (non-hydrogen) atoms. The standard InChI is InChI=1S/C10H17N5O/c1-3-15(6-7(2)8(11)12)9-10(16)14-5-4-13-9/h4-5,7H,3,6H2,1-2H3,(H3,11,12)(H,14,16). The summed E-state index contributed by atoms with van der Waals surface area (Å²) in [6, 6.07) is 0. The van der Waals surface area contributed by atoms with Crippen LogP contribution in [-0.4, -0.2) is 28.9 Å². The van der Waals surface area contributed by atoms with E-state index >= 15 is 0 Å². The van der Waals surface area contributed by atoms with Gasteiger partial charge in [-0.1, -0.05) is 6.92 Å². The Morgan fingerprint density at radius 2 is 2.44 bits per heavy atom. The van der Waals surface area contributed by atoms with Crippen molar-refractivity contribution in [2.24, 2.45) is 11.7 Å². The number of nitrogens with one attached hydrogen (secondary N) is 2. The summed E-state index contributed by atoms with van der Waals surface area (Å²) in [5, 5.41) is 7.33. The fraction of sp³-hybridized carbons (Fsp3) is 0.500. The van der Waals surface area contributed by atoms with Crippen LogP contribution < -0.4 is 16.2 Å². The van der Waals surface area contributed by atoms with Gasteiger partial charge in [-0.3, -0.25) is 10.2 Å². The van der Waals surface area contributed by atoms with Crippen LogP contribution in [0.15, 0.2) is 17.2 Å². The monoisotopic (exact) mass is 223 g/mol. The third-order valence-electron chi connectivity index (χ3n) is 2.40. The van der Waals surface area contributed by atoms with Crippen molar-refractivity contribution < 1.29 is 0 Å². The number of hydrogen-bond acceptors (Lipinski definition) is 4. The van der Waals surface area contributed by atoms with Crippen LogP contribution in [0.25, 0.3) is 0 Å². The highest BCUT2D eigenvalue weighted by molar-refractivity contribution is 5.79. The first-order chi connectivity index (χ1) is 7.56. The minimum atomic E-state index is -0.222. The molecule has 0 aromatic carbocycles. The molecule has 1 aromatic heterocycles. The van der Waals surface area contributed by atoms with E-state index in [-0.39, 0.29) is 17.3 Å². The summed E-state index contributed by atoms with van der Waals surface area (Å²) in [5.74, 6) is 0.394. The fourth-order valence-electron chi connectivity index (χ4n) is 1.36. The molecule has 4 N–H and O–H groups in total. The van der Waals surface area contributed by atoms with Crippen molar-refractivity contribution in [1.82, 2.24) is 9.97 Å². The molecule has 0 aliphatic heterocycles. The number of aromatic nitrogens is 2. The molecule has 88 valence electrons. The Bertz CT molecular complexity index is 414. The van der Waals surface area contributed by atoms with Crippen molar-refractivity contribution in [1.29, 1.82) is 5.41 Å². The van der Waals surface area contributed by atoms with Gasteiger partial charge >= 0.3 is 0 Å². The van der Waals surface area contributed by atoms with Gasteiger partial charge in [0.2, 0.25) is 0 Å². The van der Waals surface area contributed by atoms with Gasteiger partial charge in [0.25, 0.3) is 5.56 Å². The molecular formula is C10H17N5O. The van der Waals surface area contributed by atoms with Gasteiger partial charge in [-0.05, 0) is 6.92 Å². The van der Waals surface area contributed by atoms with Crippen molar-refractivity contribution >= 4 is 11.7 Å². The molecule has 0 spiro atoms. The Morgan fingerprint density at radius 1 is 1.75 bits per heavy atom. The molecule has 0 saturated carbocycles. The highest BCUT2D eigenvalue weighted by atomic mass is 16.1. The predicted octanol–water partition coefficient (Wildman–Crippen LogP) is 0.168. The summed E-state index contributed by atoms with van der Waals surface area (Å²) in [6.45, 7) is 4.95. The van der Waals surface area contributed by atoms with E-state index in [4.69, 9.17) is 11.1 Å². The molecule has 0 aliphatic rings. The second-order valence-corrected chi connectivity index (χ2v) is 3.64. The minimum Gasteiger partial charge on any atom is -0.387 e. The SMILES string of the molecule is CCN(CC(C)C(=N)N)c1ncc[nH]c1=O. The van der Waals surface area contributed by atoms with Gasteiger partial charge in [-0.2, -0.15) is 0 Å². The van der Waals surface area contributed by atoms with Gasteiger partial charge in [-0.25, -0.2) is 4.98 Å². The Labute approximate surface area is 94.0 Å². The predicted molar refractivity (Wildman–Crippen MR) is 63.8 cm³/mol. The zero-order chi connectivity index (χ0) is 12.1. The molecule has 0 aliphatic carbocycles. The lowest BCUT2D eigenvalue weighted by atomic mass is 10.1. The van der Waals surface area contributed by atoms with Crippen LogP contribution >= 0.6 is 0 Å². The van der Waals surface area contributed by atoms with Crippen molar-refractivity contribution in [3.8, 4) is 0 Å². The average Bonchev–Trinajstić information content (AvgIpc) is 2.26. The number of aromatic amines is 1. The smallest absolute Gasteiger partial charge is 0.290 e. The molecule has 0 amide bonds. The normalized spacial score (nSPS) is 12.1. The van der Waals surface area contributed by atoms with E-state index < -0.39 is 0 Å². The van der Waals surface area contributed by atoms with Gasteiger partial charge in [0.05, 0.1) is 5.84 Å². The number of nitrogens with two attached hydrogens (primary N) is 1. The molecule has 0 bridgehead atoms. The molecule has 6 nitrogen and oxygen atoms in total. The number of amidine groups is 1. The van der Waals surface area contributed by atoms with Crippen LogP contribution in [-0.2, 0) is 0 Å². The van der Waals surface area contributed by atoms with Crippen LogP contribution in [0.5, 0.6) is 0 Å². The second-order valence-electron chi connectivity index (χ2n) is 3.64. The van der Waals surface area contributed by atoms with Crippen molar-refractivity contribution in [3.05, 3.63) is 22.7 Å². The molecule has 1 aromatic rings. The molecule has 0 saturated heterocycles. The molecule has 1 atom stereocenters. The van der Waals surface area contributed by atoms with E-state index in [9.17, 15) is 4.79 Å². The van der Waals surface area contributed by atoms with Crippen LogP contribution in [0.1, 0.15) is 13.8 Å². The lowest BCUT2D eigenvalue weighted by Gasteiger charge is -2.23. The number of anilines is 1. The first kappa shape index (κ1) is 12.2. The molecular weight excluding hydrogens is 206 g/mol. The summed E-state index contributed by atoms with van der Waals surface area (Å²) in [5.41, 5.74) is 5.18. The lowest BCUT2D eigenvalue weighted by molar-refractivity contribution is 0.686. The number of nitrogens with zero attached hydrogens (tertiary/aromatic N) is 2. The Morgan fingerprint density at radius 3 is 2.94 bits per heavy atom. The second kappa shape index (κ2) is 5.29. The minimum absolute atomic E-state index is 0.0960. The summed E-state index contributed by atoms with van der Waals surface area (Å²) in [6.07, 6.45) is 3.03. The van der Waals surface area contributed by atoms with Gasteiger partial charge < -0.3 is 15.6 Å². The fourth-order valence-corrected chi connectivity index (χ4v) is 1.36. The summed E-state index contributed by atoms with van der Waals surface area (Å²) >= 11 is 0. The van der Waals surface area contributed by atoms with Crippen molar-refractivity contribution in [2.45, 2.75) is 13.8 Å². The van der Waals surface area contributed by atoms with E-state index in [1.54, 1.807) is 0 Å². The van der Waals surface area contributed by atoms with Crippen LogP contribution in [0, 0.1) is 11.3 Å². The van der Waals surface area contributed by atoms with Crippen LogP contribution in [0.2, 0.25) is 0 Å². The third kappa shape index (κ3) is 2.82. The zero-order valence-electron chi connectivity index (χ0n) is 9.53. The van der Waals surface area contributed by atoms with E-state index in [0.29, 0.717) is 18.9 Å². The van der Waals surface area contributed by atoms with Gasteiger partial charge in [-0.15, -0.1) is 0 Å². The lowest BCUT2D eigenvalue weighted by Crippen LogP contribution is -2.37. The van der Waals surface area contributed by atoms with E-state index in [1.165, 1.54) is 12.4 Å². The summed E-state index contributed by atoms with van der Waals surface area (Å²) < 4.78 is 0. The Hall–Kier alpha value is -1.85. The molecule has 0 radical (unpaired) electrons. The quantitative estimate of drug-likeness (QED) is 0.489. The number of H-pyrrole nitrogens is 1. The molecule has 1 rings (SSSR count). The molecule has 6 heteroatoms. The highest BCUT2D eigenvalue weighted by Gasteiger charge is 2.14. The summed E-state index contributed by atoms with van der Waals surface area (Å²) in [7, 11) is 0. The highest BCUT2D eigenvalue weighted by Crippen LogP contribution is 2.06. The van der Waals surface area contributed by atoms with Gasteiger partial charge in [0.1, 0.15) is 0 Å². The third-order valence-corrected chi connectivity index (χ3v) is 2.40. The maximum Gasteiger partial charge on any atom is 0.290 e. The van der Waals surface area contributed by atoms with E-state index in [0.717, 1.165) is 0 Å². The summed E-state index contributed by atoms with van der Waals surface area (Å²) in [4.78, 5) is 19.9. The van der Waals surface area contributed by atoms with Crippen molar-refractivity contribution in [3.63, 3.8) is 0 Å². The first-order valence-corrected chi connectivity index (χ1v) is 5.18. The van der Waals surface area contributed by atoms with Crippen LogP contribution in [0.3, 0.4) is 0 Å². The number of rotatable bonds is 5. The zero-order valence-corrected chi connectivity index (χ0v) is 9.53. The maximum absolute atomic E-state index is 11.5.